The van der Waals surface area contributed by atoms with Gasteiger partial charge in [0.2, 0.25) is 0 Å². The van der Waals surface area contributed by atoms with Crippen LogP contribution in [0.5, 0.6) is 0 Å². The molecule has 1 heterocycles. The highest BCUT2D eigenvalue weighted by molar-refractivity contribution is 7.98. The first-order valence-corrected chi connectivity index (χ1v) is 8.59. The maximum Gasteiger partial charge on any atom is 0.141 e. The summed E-state index contributed by atoms with van der Waals surface area (Å²) in [7, 11) is 1.96. The molecule has 2 aromatic rings. The van der Waals surface area contributed by atoms with E-state index in [0.717, 1.165) is 30.2 Å². The molecule has 1 aromatic heterocycles. The highest BCUT2D eigenvalue weighted by atomic mass is 32.2. The van der Waals surface area contributed by atoms with Gasteiger partial charge in [-0.1, -0.05) is 24.6 Å². The SMILES string of the molecule is CNc1nc(CSc2ccccc2)nc2c1CCCCC2. The van der Waals surface area contributed by atoms with Crippen LogP contribution in [0.25, 0.3) is 0 Å². The van der Waals surface area contributed by atoms with Crippen LogP contribution >= 0.6 is 11.8 Å². The molecule has 0 amide bonds. The number of hydrogen-bond acceptors (Lipinski definition) is 4. The first kappa shape index (κ1) is 14.4. The Kier molecular flexibility index (Phi) is 4.76. The molecule has 0 saturated heterocycles. The van der Waals surface area contributed by atoms with Gasteiger partial charge in [-0.25, -0.2) is 9.97 Å². The minimum Gasteiger partial charge on any atom is -0.373 e. The Morgan fingerprint density at radius 2 is 1.86 bits per heavy atom. The van der Waals surface area contributed by atoms with Gasteiger partial charge < -0.3 is 5.32 Å². The highest BCUT2D eigenvalue weighted by Crippen LogP contribution is 2.27. The quantitative estimate of drug-likeness (QED) is 0.682. The fourth-order valence-corrected chi connectivity index (χ4v) is 3.53. The van der Waals surface area contributed by atoms with Gasteiger partial charge in [-0.2, -0.15) is 0 Å². The van der Waals surface area contributed by atoms with E-state index >= 15 is 0 Å². The molecule has 0 unspecified atom stereocenters. The molecule has 110 valence electrons. The van der Waals surface area contributed by atoms with E-state index in [1.54, 1.807) is 11.8 Å². The maximum absolute atomic E-state index is 4.83. The molecule has 1 aromatic carbocycles. The Balaban J connectivity index is 1.81. The maximum atomic E-state index is 4.83. The first-order valence-electron chi connectivity index (χ1n) is 7.61. The Hall–Kier alpha value is -1.55. The van der Waals surface area contributed by atoms with Crippen molar-refractivity contribution in [3.05, 3.63) is 47.4 Å². The molecule has 0 bridgehead atoms. The van der Waals surface area contributed by atoms with Crippen LogP contribution in [0.4, 0.5) is 5.82 Å². The fourth-order valence-electron chi connectivity index (χ4n) is 2.76. The first-order chi connectivity index (χ1) is 10.4. The summed E-state index contributed by atoms with van der Waals surface area (Å²) in [6, 6.07) is 10.4. The van der Waals surface area contributed by atoms with Crippen LogP contribution in [0.1, 0.15) is 36.3 Å². The number of fused-ring (bicyclic) bond motifs is 1. The van der Waals surface area contributed by atoms with Gasteiger partial charge in [-0.3, -0.25) is 0 Å². The second-order valence-electron chi connectivity index (χ2n) is 5.33. The van der Waals surface area contributed by atoms with Crippen LogP contribution in [0.3, 0.4) is 0 Å². The molecule has 0 saturated carbocycles. The summed E-state index contributed by atoms with van der Waals surface area (Å²) in [6.07, 6.45) is 6.00. The predicted octanol–water partition coefficient (Wildman–Crippen LogP) is 4.08. The van der Waals surface area contributed by atoms with Crippen molar-refractivity contribution in [2.24, 2.45) is 0 Å². The molecule has 3 nitrogen and oxygen atoms in total. The van der Waals surface area contributed by atoms with Crippen LogP contribution in [-0.2, 0) is 18.6 Å². The van der Waals surface area contributed by atoms with Gasteiger partial charge in [-0.05, 0) is 37.8 Å². The lowest BCUT2D eigenvalue weighted by Gasteiger charge is -2.12. The summed E-state index contributed by atoms with van der Waals surface area (Å²) < 4.78 is 0. The number of anilines is 1. The van der Waals surface area contributed by atoms with E-state index < -0.39 is 0 Å². The van der Waals surface area contributed by atoms with Crippen molar-refractivity contribution < 1.29 is 0 Å². The molecule has 21 heavy (non-hydrogen) atoms. The summed E-state index contributed by atoms with van der Waals surface area (Å²) in [5.74, 6) is 2.80. The van der Waals surface area contributed by atoms with E-state index in [2.05, 4.69) is 29.6 Å². The molecular weight excluding hydrogens is 278 g/mol. The van der Waals surface area contributed by atoms with Crippen molar-refractivity contribution in [3.8, 4) is 0 Å². The number of nitrogens with one attached hydrogen (secondary N) is 1. The molecule has 0 aliphatic heterocycles. The molecule has 4 heteroatoms. The smallest absolute Gasteiger partial charge is 0.141 e. The zero-order valence-corrected chi connectivity index (χ0v) is 13.2. The van der Waals surface area contributed by atoms with Crippen molar-refractivity contribution in [2.45, 2.75) is 42.8 Å². The number of rotatable bonds is 4. The second-order valence-corrected chi connectivity index (χ2v) is 6.37. The molecule has 0 atom stereocenters. The predicted molar refractivity (Wildman–Crippen MR) is 88.8 cm³/mol. The number of aromatic nitrogens is 2. The molecule has 1 aliphatic carbocycles. The summed E-state index contributed by atoms with van der Waals surface area (Å²) in [5, 5.41) is 3.26. The lowest BCUT2D eigenvalue weighted by atomic mass is 10.1. The fraction of sp³-hybridized carbons (Fsp3) is 0.412. The van der Waals surface area contributed by atoms with Gasteiger partial charge >= 0.3 is 0 Å². The van der Waals surface area contributed by atoms with Gasteiger partial charge in [0, 0.05) is 23.2 Å². The van der Waals surface area contributed by atoms with E-state index in [-0.39, 0.29) is 0 Å². The third kappa shape index (κ3) is 3.56. The van der Waals surface area contributed by atoms with E-state index in [4.69, 9.17) is 9.97 Å². The minimum absolute atomic E-state index is 0.825. The molecule has 0 spiro atoms. The Morgan fingerprint density at radius 1 is 1.05 bits per heavy atom. The van der Waals surface area contributed by atoms with E-state index in [1.165, 1.54) is 35.4 Å². The van der Waals surface area contributed by atoms with Crippen molar-refractivity contribution in [1.29, 1.82) is 0 Å². The number of nitrogens with zero attached hydrogens (tertiary/aromatic N) is 2. The normalized spacial score (nSPS) is 14.3. The third-order valence-electron chi connectivity index (χ3n) is 3.83. The van der Waals surface area contributed by atoms with Crippen molar-refractivity contribution in [3.63, 3.8) is 0 Å². The van der Waals surface area contributed by atoms with Crippen LogP contribution in [0, 0.1) is 0 Å². The van der Waals surface area contributed by atoms with Crippen LogP contribution in [0.15, 0.2) is 35.2 Å². The average molecular weight is 299 g/mol. The third-order valence-corrected chi connectivity index (χ3v) is 4.84. The van der Waals surface area contributed by atoms with Crippen LogP contribution in [0.2, 0.25) is 0 Å². The highest BCUT2D eigenvalue weighted by Gasteiger charge is 2.16. The summed E-state index contributed by atoms with van der Waals surface area (Å²) in [6.45, 7) is 0. The Morgan fingerprint density at radius 3 is 2.67 bits per heavy atom. The van der Waals surface area contributed by atoms with Gasteiger partial charge in [0.15, 0.2) is 0 Å². The lowest BCUT2D eigenvalue weighted by molar-refractivity contribution is 0.708. The molecular formula is C17H21N3S. The largest absolute Gasteiger partial charge is 0.373 e. The van der Waals surface area contributed by atoms with E-state index in [0.29, 0.717) is 0 Å². The number of thioether (sulfide) groups is 1. The van der Waals surface area contributed by atoms with Gasteiger partial charge in [0.05, 0.1) is 5.75 Å². The topological polar surface area (TPSA) is 37.8 Å². The molecule has 1 aliphatic rings. The van der Waals surface area contributed by atoms with Crippen molar-refractivity contribution >= 4 is 17.6 Å². The number of aryl methyl sites for hydroxylation is 1. The molecule has 3 rings (SSSR count). The van der Waals surface area contributed by atoms with Gasteiger partial charge in [0.1, 0.15) is 11.6 Å². The number of benzene rings is 1. The van der Waals surface area contributed by atoms with Crippen LogP contribution in [-0.4, -0.2) is 17.0 Å². The summed E-state index contributed by atoms with van der Waals surface area (Å²) in [4.78, 5) is 10.8. The molecule has 0 radical (unpaired) electrons. The summed E-state index contributed by atoms with van der Waals surface area (Å²) in [5.41, 5.74) is 2.60. The minimum atomic E-state index is 0.825. The zero-order valence-electron chi connectivity index (χ0n) is 12.4. The monoisotopic (exact) mass is 299 g/mol. The van der Waals surface area contributed by atoms with Crippen LogP contribution < -0.4 is 5.32 Å². The second kappa shape index (κ2) is 6.94. The lowest BCUT2D eigenvalue weighted by Crippen LogP contribution is -2.08. The Labute approximate surface area is 130 Å². The van der Waals surface area contributed by atoms with E-state index in [1.807, 2.05) is 13.1 Å². The molecule has 1 N–H and O–H groups in total. The van der Waals surface area contributed by atoms with Crippen molar-refractivity contribution in [1.82, 2.24) is 9.97 Å². The number of hydrogen-bond donors (Lipinski definition) is 1. The van der Waals surface area contributed by atoms with E-state index in [9.17, 15) is 0 Å². The van der Waals surface area contributed by atoms with Crippen molar-refractivity contribution in [2.75, 3.05) is 12.4 Å². The summed E-state index contributed by atoms with van der Waals surface area (Å²) >= 11 is 1.80. The average Bonchev–Trinajstić information content (AvgIpc) is 2.78. The standard InChI is InChI=1S/C17H21N3S/c1-18-17-14-10-6-3-7-11-15(14)19-16(20-17)12-21-13-8-4-2-5-9-13/h2,4-5,8-9H,3,6-7,10-12H2,1H3,(H,18,19,20). The molecule has 0 fully saturated rings. The Bertz CT molecular complexity index is 598. The zero-order chi connectivity index (χ0) is 14.5. The van der Waals surface area contributed by atoms with Gasteiger partial charge in [0.25, 0.3) is 0 Å². The van der Waals surface area contributed by atoms with Gasteiger partial charge in [-0.15, -0.1) is 11.8 Å².